The summed E-state index contributed by atoms with van der Waals surface area (Å²) in [6, 6.07) is 7.34. The van der Waals surface area contributed by atoms with Crippen molar-refractivity contribution < 1.29 is 9.53 Å². The first-order valence-electron chi connectivity index (χ1n) is 10.1. The Morgan fingerprint density at radius 1 is 1.31 bits per heavy atom. The summed E-state index contributed by atoms with van der Waals surface area (Å²) in [4.78, 5) is 16.9. The molecule has 0 fully saturated rings. The Morgan fingerprint density at radius 3 is 2.83 bits per heavy atom. The highest BCUT2D eigenvalue weighted by Crippen LogP contribution is 2.37. The van der Waals surface area contributed by atoms with Crippen LogP contribution < -0.4 is 15.8 Å². The van der Waals surface area contributed by atoms with E-state index in [9.17, 15) is 4.79 Å². The Labute approximate surface area is 176 Å². The molecule has 0 aliphatic carbocycles. The minimum absolute atomic E-state index is 0.438. The number of unbranched alkanes of at least 4 members (excludes halogenated alkanes) is 2. The molecule has 1 atom stereocenters. The van der Waals surface area contributed by atoms with E-state index in [1.165, 1.54) is 0 Å². The lowest BCUT2D eigenvalue weighted by molar-refractivity contribution is -0.115. The zero-order valence-corrected chi connectivity index (χ0v) is 18.1. The number of anilines is 1. The third-order valence-electron chi connectivity index (χ3n) is 4.77. The van der Waals surface area contributed by atoms with Crippen LogP contribution in [0.2, 0.25) is 0 Å². The molecule has 8 heteroatoms. The molecule has 1 aromatic heterocycles. The first-order chi connectivity index (χ1) is 14.0. The van der Waals surface area contributed by atoms with Crippen molar-refractivity contribution in [2.45, 2.75) is 57.7 Å². The van der Waals surface area contributed by atoms with E-state index in [0.29, 0.717) is 29.0 Å². The molecule has 0 saturated carbocycles. The minimum atomic E-state index is -0.473. The molecule has 7 nitrogen and oxygen atoms in total. The van der Waals surface area contributed by atoms with Gasteiger partial charge in [0.25, 0.3) is 0 Å². The minimum Gasteiger partial charge on any atom is -0.494 e. The summed E-state index contributed by atoms with van der Waals surface area (Å²) >= 11 is 1.62. The lowest BCUT2D eigenvalue weighted by Gasteiger charge is -2.27. The molecule has 1 aliphatic rings. The Bertz CT molecular complexity index is 893. The predicted octanol–water partition coefficient (Wildman–Crippen LogP) is 4.12. The second kappa shape index (κ2) is 9.82. The van der Waals surface area contributed by atoms with Crippen LogP contribution in [0.5, 0.6) is 5.75 Å². The number of nitrogens with one attached hydrogen (secondary N) is 1. The van der Waals surface area contributed by atoms with Crippen molar-refractivity contribution >= 4 is 23.6 Å². The number of ether oxygens (including phenoxy) is 1. The van der Waals surface area contributed by atoms with E-state index in [2.05, 4.69) is 29.2 Å². The summed E-state index contributed by atoms with van der Waals surface area (Å²) in [6.45, 7) is 6.79. The molecule has 2 heterocycles. The van der Waals surface area contributed by atoms with Crippen molar-refractivity contribution in [1.29, 1.82) is 0 Å². The highest BCUT2D eigenvalue weighted by Gasteiger charge is 2.33. The number of hydrogen-bond acceptors (Lipinski definition) is 6. The van der Waals surface area contributed by atoms with Crippen LogP contribution in [0.25, 0.3) is 0 Å². The lowest BCUT2D eigenvalue weighted by atomic mass is 9.95. The van der Waals surface area contributed by atoms with Gasteiger partial charge in [-0.15, -0.1) is 5.10 Å². The van der Waals surface area contributed by atoms with Gasteiger partial charge in [0.1, 0.15) is 11.8 Å². The molecule has 0 saturated heterocycles. The van der Waals surface area contributed by atoms with Gasteiger partial charge in [-0.2, -0.15) is 4.98 Å². The number of hydrogen-bond donors (Lipinski definition) is 2. The second-order valence-electron chi connectivity index (χ2n) is 7.07. The Balaban J connectivity index is 1.96. The van der Waals surface area contributed by atoms with Gasteiger partial charge in [-0.05, 0) is 37.5 Å². The monoisotopic (exact) mass is 415 g/mol. The molecule has 2 aromatic rings. The number of aromatic nitrogens is 3. The number of rotatable bonds is 10. The number of nitrogens with zero attached hydrogens (tertiary/aromatic N) is 3. The molecule has 0 bridgehead atoms. The molecule has 3 rings (SSSR count). The highest BCUT2D eigenvalue weighted by molar-refractivity contribution is 7.99. The van der Waals surface area contributed by atoms with Crippen LogP contribution in [-0.4, -0.2) is 33.0 Å². The average molecular weight is 416 g/mol. The predicted molar refractivity (Wildman–Crippen MR) is 116 cm³/mol. The van der Waals surface area contributed by atoms with Crippen LogP contribution in [0.1, 0.15) is 58.1 Å². The van der Waals surface area contributed by atoms with E-state index in [4.69, 9.17) is 10.5 Å². The topological polar surface area (TPSA) is 95.1 Å². The van der Waals surface area contributed by atoms with Gasteiger partial charge in [0.05, 0.1) is 12.2 Å². The molecule has 1 aliphatic heterocycles. The van der Waals surface area contributed by atoms with Gasteiger partial charge in [0.15, 0.2) is 0 Å². The summed E-state index contributed by atoms with van der Waals surface area (Å²) in [5.74, 6) is 1.88. The molecule has 0 radical (unpaired) electrons. The van der Waals surface area contributed by atoms with E-state index < -0.39 is 11.9 Å². The molecule has 3 N–H and O–H groups in total. The number of carbonyl (C=O) groups excluding carboxylic acids is 1. The second-order valence-corrected chi connectivity index (χ2v) is 8.13. The van der Waals surface area contributed by atoms with Crippen molar-refractivity contribution in [1.82, 2.24) is 14.8 Å². The summed E-state index contributed by atoms with van der Waals surface area (Å²) in [6.07, 6.45) is 4.29. The highest BCUT2D eigenvalue weighted by atomic mass is 32.2. The third kappa shape index (κ3) is 4.93. The van der Waals surface area contributed by atoms with Crippen LogP contribution in [-0.2, 0) is 4.79 Å². The van der Waals surface area contributed by atoms with Crippen molar-refractivity contribution in [2.24, 2.45) is 5.73 Å². The van der Waals surface area contributed by atoms with E-state index >= 15 is 0 Å². The lowest BCUT2D eigenvalue weighted by Crippen LogP contribution is -2.31. The molecule has 1 aromatic carbocycles. The fourth-order valence-corrected chi connectivity index (χ4v) is 4.15. The molecule has 156 valence electrons. The van der Waals surface area contributed by atoms with Crippen molar-refractivity contribution in [3.63, 3.8) is 0 Å². The summed E-state index contributed by atoms with van der Waals surface area (Å²) in [5, 5.41) is 8.55. The summed E-state index contributed by atoms with van der Waals surface area (Å²) in [5.41, 5.74) is 7.83. The molecule has 0 spiro atoms. The van der Waals surface area contributed by atoms with Gasteiger partial charge in [-0.25, -0.2) is 4.68 Å². The number of thioether (sulfide) groups is 1. The van der Waals surface area contributed by atoms with Crippen LogP contribution >= 0.6 is 11.8 Å². The molecular formula is C21H29N5O2S. The first kappa shape index (κ1) is 21.2. The average Bonchev–Trinajstić information content (AvgIpc) is 3.09. The van der Waals surface area contributed by atoms with Crippen LogP contribution in [0.3, 0.4) is 0 Å². The van der Waals surface area contributed by atoms with E-state index in [-0.39, 0.29) is 0 Å². The van der Waals surface area contributed by atoms with E-state index in [1.807, 2.05) is 31.2 Å². The number of amides is 1. The van der Waals surface area contributed by atoms with Gasteiger partial charge in [-0.1, -0.05) is 50.6 Å². The number of carbonyl (C=O) groups is 1. The summed E-state index contributed by atoms with van der Waals surface area (Å²) in [7, 11) is 0. The smallest absolute Gasteiger partial charge is 0.248 e. The standard InChI is InChI=1S/C21H29N5O2S/c1-4-6-11-28-16-10-8-9-15(13-16)18-17(19(22)27)14(3)23-20-24-21(25-26(18)20)29-12-7-5-2/h8-10,13,18H,4-7,11-12H2,1-3H3,(H2,22,27)(H,23,24,25). The first-order valence-corrected chi connectivity index (χ1v) is 11.1. The van der Waals surface area contributed by atoms with Gasteiger partial charge in [-0.3, -0.25) is 4.79 Å². The van der Waals surface area contributed by atoms with Crippen LogP contribution in [0.4, 0.5) is 5.95 Å². The number of benzene rings is 1. The van der Waals surface area contributed by atoms with Gasteiger partial charge < -0.3 is 15.8 Å². The maximum Gasteiger partial charge on any atom is 0.248 e. The maximum absolute atomic E-state index is 12.3. The van der Waals surface area contributed by atoms with Gasteiger partial charge in [0, 0.05) is 11.4 Å². The number of fused-ring (bicyclic) bond motifs is 1. The SMILES string of the molecule is CCCCOc1cccc(C2C(C(N)=O)=C(C)Nc3nc(SCCCC)nn32)c1. The Kier molecular flexibility index (Phi) is 7.19. The number of allylic oxidation sites excluding steroid dienone is 1. The van der Waals surface area contributed by atoms with E-state index in [1.54, 1.807) is 16.4 Å². The number of primary amides is 1. The zero-order valence-electron chi connectivity index (χ0n) is 17.3. The van der Waals surface area contributed by atoms with Gasteiger partial charge in [0.2, 0.25) is 17.0 Å². The molecular weight excluding hydrogens is 386 g/mol. The van der Waals surface area contributed by atoms with Crippen LogP contribution in [0, 0.1) is 0 Å². The zero-order chi connectivity index (χ0) is 20.8. The normalized spacial score (nSPS) is 15.8. The fraction of sp³-hybridized carbons (Fsp3) is 0.476. The molecule has 1 amide bonds. The van der Waals surface area contributed by atoms with Crippen molar-refractivity contribution in [3.05, 3.63) is 41.1 Å². The summed E-state index contributed by atoms with van der Waals surface area (Å²) < 4.78 is 7.62. The van der Waals surface area contributed by atoms with Gasteiger partial charge >= 0.3 is 0 Å². The number of nitrogens with two attached hydrogens (primary N) is 1. The fourth-order valence-electron chi connectivity index (χ4n) is 3.24. The van der Waals surface area contributed by atoms with Crippen molar-refractivity contribution in [3.8, 4) is 5.75 Å². The maximum atomic E-state index is 12.3. The largest absolute Gasteiger partial charge is 0.494 e. The van der Waals surface area contributed by atoms with Crippen molar-refractivity contribution in [2.75, 3.05) is 17.7 Å². The molecule has 1 unspecified atom stereocenters. The Hall–Kier alpha value is -2.48. The third-order valence-corrected chi connectivity index (χ3v) is 5.69. The molecule has 29 heavy (non-hydrogen) atoms. The van der Waals surface area contributed by atoms with E-state index in [0.717, 1.165) is 42.7 Å². The quantitative estimate of drug-likeness (QED) is 0.448. The van der Waals surface area contributed by atoms with Crippen LogP contribution in [0.15, 0.2) is 40.7 Å². The Morgan fingerprint density at radius 2 is 2.10 bits per heavy atom.